The van der Waals surface area contributed by atoms with Gasteiger partial charge in [-0.25, -0.2) is 4.98 Å². The third kappa shape index (κ3) is 2.25. The first-order valence-corrected chi connectivity index (χ1v) is 4.86. The second kappa shape index (κ2) is 4.14. The van der Waals surface area contributed by atoms with Crippen LogP contribution in [-0.4, -0.2) is 15.0 Å². The molecule has 0 spiro atoms. The van der Waals surface area contributed by atoms with Crippen molar-refractivity contribution in [3.05, 3.63) is 35.8 Å². The van der Waals surface area contributed by atoms with E-state index in [1.807, 2.05) is 19.9 Å². The van der Waals surface area contributed by atoms with Gasteiger partial charge in [0.25, 0.3) is 0 Å². The number of nitrogen functional groups attached to an aromatic ring is 1. The Morgan fingerprint density at radius 2 is 2.06 bits per heavy atom. The monoisotopic (exact) mass is 216 g/mol. The van der Waals surface area contributed by atoms with E-state index in [2.05, 4.69) is 15.0 Å². The highest BCUT2D eigenvalue weighted by atomic mass is 16.5. The Balaban J connectivity index is 2.30. The maximum absolute atomic E-state index is 5.58. The molecule has 2 aromatic rings. The molecule has 0 amide bonds. The summed E-state index contributed by atoms with van der Waals surface area (Å²) >= 11 is 0. The molecule has 2 N–H and O–H groups in total. The molecule has 0 aliphatic carbocycles. The molecule has 2 aromatic heterocycles. The lowest BCUT2D eigenvalue weighted by molar-refractivity contribution is 0.455. The Hall–Kier alpha value is -2.17. The average molecular weight is 216 g/mol. The van der Waals surface area contributed by atoms with E-state index in [4.69, 9.17) is 10.5 Å². The summed E-state index contributed by atoms with van der Waals surface area (Å²) in [5, 5.41) is 0. The Morgan fingerprint density at radius 1 is 1.25 bits per heavy atom. The number of aromatic nitrogens is 3. The van der Waals surface area contributed by atoms with E-state index in [0.717, 1.165) is 11.4 Å². The summed E-state index contributed by atoms with van der Waals surface area (Å²) in [5.41, 5.74) is 7.10. The van der Waals surface area contributed by atoms with E-state index in [-0.39, 0.29) is 5.95 Å². The number of anilines is 1. The van der Waals surface area contributed by atoms with E-state index in [1.165, 1.54) is 0 Å². The number of hydrogen-bond acceptors (Lipinski definition) is 5. The Labute approximate surface area is 93.3 Å². The van der Waals surface area contributed by atoms with Gasteiger partial charge in [0.05, 0.1) is 5.69 Å². The van der Waals surface area contributed by atoms with Gasteiger partial charge in [-0.3, -0.25) is 4.98 Å². The molecule has 5 nitrogen and oxygen atoms in total. The second-order valence-corrected chi connectivity index (χ2v) is 3.39. The van der Waals surface area contributed by atoms with Crippen LogP contribution in [0.1, 0.15) is 11.4 Å². The smallest absolute Gasteiger partial charge is 0.224 e. The van der Waals surface area contributed by atoms with Crippen LogP contribution in [0.25, 0.3) is 0 Å². The molecule has 0 radical (unpaired) electrons. The molecule has 5 heteroatoms. The van der Waals surface area contributed by atoms with Crippen molar-refractivity contribution in [2.24, 2.45) is 0 Å². The number of rotatable bonds is 2. The van der Waals surface area contributed by atoms with Crippen LogP contribution in [0.3, 0.4) is 0 Å². The molecular formula is C11H12N4O. The van der Waals surface area contributed by atoms with Crippen molar-refractivity contribution in [2.75, 3.05) is 5.73 Å². The molecule has 0 fully saturated rings. The van der Waals surface area contributed by atoms with E-state index < -0.39 is 0 Å². The van der Waals surface area contributed by atoms with Crippen molar-refractivity contribution in [3.8, 4) is 11.6 Å². The predicted molar refractivity (Wildman–Crippen MR) is 60.2 cm³/mol. The lowest BCUT2D eigenvalue weighted by Gasteiger charge is -2.07. The van der Waals surface area contributed by atoms with Crippen LogP contribution in [0.4, 0.5) is 5.95 Å². The van der Waals surface area contributed by atoms with Crippen molar-refractivity contribution in [3.63, 3.8) is 0 Å². The number of nitrogens with zero attached hydrogens (tertiary/aromatic N) is 3. The standard InChI is InChI=1S/C11H12N4O/c1-7-6-10(15-11(12)14-7)16-9-4-3-5-13-8(9)2/h3-6H,1-2H3,(H2,12,14,15). The first-order chi connectivity index (χ1) is 7.65. The van der Waals surface area contributed by atoms with Gasteiger partial charge >= 0.3 is 0 Å². The highest BCUT2D eigenvalue weighted by molar-refractivity contribution is 5.32. The van der Waals surface area contributed by atoms with Crippen LogP contribution in [0.2, 0.25) is 0 Å². The number of nitrogens with two attached hydrogens (primary N) is 1. The van der Waals surface area contributed by atoms with Crippen LogP contribution in [-0.2, 0) is 0 Å². The lowest BCUT2D eigenvalue weighted by Crippen LogP contribution is -1.99. The summed E-state index contributed by atoms with van der Waals surface area (Å²) in [5.74, 6) is 1.30. The van der Waals surface area contributed by atoms with Gasteiger partial charge in [-0.15, -0.1) is 0 Å². The Bertz CT molecular complexity index is 493. The van der Waals surface area contributed by atoms with Gasteiger partial charge < -0.3 is 10.5 Å². The van der Waals surface area contributed by atoms with E-state index >= 15 is 0 Å². The van der Waals surface area contributed by atoms with Crippen LogP contribution in [0.15, 0.2) is 24.4 Å². The second-order valence-electron chi connectivity index (χ2n) is 3.39. The molecule has 0 saturated carbocycles. The minimum absolute atomic E-state index is 0.205. The van der Waals surface area contributed by atoms with Gasteiger partial charge in [0.15, 0.2) is 5.75 Å². The summed E-state index contributed by atoms with van der Waals surface area (Å²) in [6.07, 6.45) is 1.71. The maximum atomic E-state index is 5.58. The fourth-order valence-corrected chi connectivity index (χ4v) is 1.30. The lowest BCUT2D eigenvalue weighted by atomic mass is 10.3. The molecule has 0 aromatic carbocycles. The average Bonchev–Trinajstić information content (AvgIpc) is 2.20. The maximum Gasteiger partial charge on any atom is 0.224 e. The zero-order chi connectivity index (χ0) is 11.5. The topological polar surface area (TPSA) is 73.9 Å². The number of hydrogen-bond donors (Lipinski definition) is 1. The number of aryl methyl sites for hydroxylation is 2. The number of pyridine rings is 1. The quantitative estimate of drug-likeness (QED) is 0.829. The molecule has 0 aliphatic rings. The zero-order valence-electron chi connectivity index (χ0n) is 9.14. The summed E-state index contributed by atoms with van der Waals surface area (Å²) in [6, 6.07) is 5.36. The number of ether oxygens (including phenoxy) is 1. The molecule has 16 heavy (non-hydrogen) atoms. The van der Waals surface area contributed by atoms with Crippen molar-refractivity contribution in [1.29, 1.82) is 0 Å². The zero-order valence-corrected chi connectivity index (χ0v) is 9.14. The van der Waals surface area contributed by atoms with E-state index in [1.54, 1.807) is 18.3 Å². The summed E-state index contributed by atoms with van der Waals surface area (Å²) in [6.45, 7) is 3.70. The fraction of sp³-hybridized carbons (Fsp3) is 0.182. The fourth-order valence-electron chi connectivity index (χ4n) is 1.30. The summed E-state index contributed by atoms with van der Waals surface area (Å²) in [4.78, 5) is 12.1. The van der Waals surface area contributed by atoms with Crippen molar-refractivity contribution >= 4 is 5.95 Å². The molecule has 0 bridgehead atoms. The van der Waals surface area contributed by atoms with Gasteiger partial charge in [0.1, 0.15) is 0 Å². The van der Waals surface area contributed by atoms with Gasteiger partial charge in [-0.1, -0.05) is 0 Å². The van der Waals surface area contributed by atoms with Gasteiger partial charge in [0.2, 0.25) is 11.8 Å². The minimum Gasteiger partial charge on any atom is -0.437 e. The van der Waals surface area contributed by atoms with Crippen molar-refractivity contribution in [2.45, 2.75) is 13.8 Å². The molecule has 0 unspecified atom stereocenters. The molecular weight excluding hydrogens is 204 g/mol. The third-order valence-electron chi connectivity index (χ3n) is 2.02. The predicted octanol–water partition coefficient (Wildman–Crippen LogP) is 1.86. The van der Waals surface area contributed by atoms with E-state index in [0.29, 0.717) is 11.6 Å². The Kier molecular flexibility index (Phi) is 2.68. The molecule has 0 aliphatic heterocycles. The molecule has 2 rings (SSSR count). The van der Waals surface area contributed by atoms with E-state index in [9.17, 15) is 0 Å². The van der Waals surface area contributed by atoms with Gasteiger partial charge in [-0.2, -0.15) is 4.98 Å². The van der Waals surface area contributed by atoms with Crippen LogP contribution < -0.4 is 10.5 Å². The van der Waals surface area contributed by atoms with Crippen molar-refractivity contribution in [1.82, 2.24) is 15.0 Å². The van der Waals surface area contributed by atoms with Crippen LogP contribution in [0.5, 0.6) is 11.6 Å². The summed E-state index contributed by atoms with van der Waals surface area (Å²) < 4.78 is 5.58. The van der Waals surface area contributed by atoms with Gasteiger partial charge in [-0.05, 0) is 26.0 Å². The third-order valence-corrected chi connectivity index (χ3v) is 2.02. The van der Waals surface area contributed by atoms with Gasteiger partial charge in [0, 0.05) is 18.0 Å². The highest BCUT2D eigenvalue weighted by Gasteiger charge is 2.04. The molecule has 0 saturated heterocycles. The highest BCUT2D eigenvalue weighted by Crippen LogP contribution is 2.22. The van der Waals surface area contributed by atoms with Crippen LogP contribution in [0, 0.1) is 13.8 Å². The van der Waals surface area contributed by atoms with Crippen molar-refractivity contribution < 1.29 is 4.74 Å². The SMILES string of the molecule is Cc1cc(Oc2cccnc2C)nc(N)n1. The molecule has 2 heterocycles. The summed E-state index contributed by atoms with van der Waals surface area (Å²) in [7, 11) is 0. The molecule has 0 atom stereocenters. The first kappa shape index (κ1) is 10.4. The first-order valence-electron chi connectivity index (χ1n) is 4.86. The van der Waals surface area contributed by atoms with Crippen LogP contribution >= 0.6 is 0 Å². The minimum atomic E-state index is 0.205. The normalized spacial score (nSPS) is 10.1. The largest absolute Gasteiger partial charge is 0.437 e. The molecule has 82 valence electrons. The Morgan fingerprint density at radius 3 is 2.75 bits per heavy atom.